The maximum absolute atomic E-state index is 12.2. The zero-order valence-corrected chi connectivity index (χ0v) is 14.8. The molecule has 2 N–H and O–H groups in total. The number of aromatic nitrogens is 5. The zero-order chi connectivity index (χ0) is 17.9. The summed E-state index contributed by atoms with van der Waals surface area (Å²) in [5, 5.41) is 11.4. The molecule has 0 saturated heterocycles. The minimum absolute atomic E-state index is 0.147. The van der Waals surface area contributed by atoms with Crippen LogP contribution >= 0.6 is 0 Å². The predicted octanol–water partition coefficient (Wildman–Crippen LogP) is 3.15. The van der Waals surface area contributed by atoms with Crippen LogP contribution in [0, 0.1) is 27.7 Å². The van der Waals surface area contributed by atoms with Gasteiger partial charge in [0.15, 0.2) is 0 Å². The van der Waals surface area contributed by atoms with E-state index in [4.69, 9.17) is 4.52 Å². The van der Waals surface area contributed by atoms with Gasteiger partial charge in [-0.2, -0.15) is 5.10 Å². The summed E-state index contributed by atoms with van der Waals surface area (Å²) in [6.07, 6.45) is 0. The Hall–Kier alpha value is -3.09. The first kappa shape index (κ1) is 15.4. The predicted molar refractivity (Wildman–Crippen MR) is 95.6 cm³/mol. The van der Waals surface area contributed by atoms with E-state index < -0.39 is 0 Å². The van der Waals surface area contributed by atoms with E-state index in [1.165, 1.54) is 0 Å². The summed E-state index contributed by atoms with van der Waals surface area (Å²) in [4.78, 5) is 15.1. The quantitative estimate of drug-likeness (QED) is 0.588. The first-order valence-corrected chi connectivity index (χ1v) is 8.06. The van der Waals surface area contributed by atoms with E-state index in [0.717, 1.165) is 56.1 Å². The molecule has 0 saturated carbocycles. The van der Waals surface area contributed by atoms with Gasteiger partial charge in [-0.1, -0.05) is 5.16 Å². The third-order valence-corrected chi connectivity index (χ3v) is 4.71. The van der Waals surface area contributed by atoms with Gasteiger partial charge in [-0.05, 0) is 45.4 Å². The van der Waals surface area contributed by atoms with Crippen LogP contribution in [0.1, 0.15) is 22.8 Å². The largest absolute Gasteiger partial charge is 0.361 e. The molecule has 0 atom stereocenters. The number of aromatic amines is 2. The lowest BCUT2D eigenvalue weighted by molar-refractivity contribution is 0.393. The van der Waals surface area contributed by atoms with Gasteiger partial charge >= 0.3 is 5.69 Å². The van der Waals surface area contributed by atoms with Crippen molar-refractivity contribution in [1.29, 1.82) is 0 Å². The van der Waals surface area contributed by atoms with E-state index in [1.807, 2.05) is 33.8 Å². The molecule has 3 heterocycles. The van der Waals surface area contributed by atoms with Crippen LogP contribution in [0.3, 0.4) is 0 Å². The Balaban J connectivity index is 2.15. The van der Waals surface area contributed by atoms with Crippen LogP contribution in [-0.2, 0) is 7.05 Å². The summed E-state index contributed by atoms with van der Waals surface area (Å²) in [7, 11) is 1.77. The summed E-state index contributed by atoms with van der Waals surface area (Å²) in [6.45, 7) is 7.74. The number of hydrogen-bond acceptors (Lipinski definition) is 4. The number of rotatable bonds is 2. The van der Waals surface area contributed by atoms with Crippen LogP contribution in [-0.4, -0.2) is 24.9 Å². The molecule has 128 valence electrons. The van der Waals surface area contributed by atoms with Crippen LogP contribution in [0.2, 0.25) is 0 Å². The molecule has 1 aromatic carbocycles. The molecule has 25 heavy (non-hydrogen) atoms. The highest BCUT2D eigenvalue weighted by atomic mass is 16.5. The van der Waals surface area contributed by atoms with Crippen molar-refractivity contribution in [3.05, 3.63) is 45.5 Å². The van der Waals surface area contributed by atoms with Crippen molar-refractivity contribution in [3.8, 4) is 22.3 Å². The number of hydrogen-bond donors (Lipinski definition) is 2. The molecule has 0 radical (unpaired) electrons. The highest BCUT2D eigenvalue weighted by Gasteiger charge is 2.20. The van der Waals surface area contributed by atoms with Crippen molar-refractivity contribution in [3.63, 3.8) is 0 Å². The van der Waals surface area contributed by atoms with Crippen molar-refractivity contribution in [2.45, 2.75) is 27.7 Å². The van der Waals surface area contributed by atoms with Crippen LogP contribution < -0.4 is 5.69 Å². The molecular formula is C18H19N5O2. The standard InChI is InChI=1S/C18H19N5O2/c1-8-15(9(2)21-20-8)13-6-12(16-10(3)22-25-11(16)4)7-14-17(13)23(5)18(24)19-14/h6-7H,1-5H3,(H,19,24)(H,20,21). The van der Waals surface area contributed by atoms with E-state index in [2.05, 4.69) is 26.4 Å². The van der Waals surface area contributed by atoms with E-state index in [-0.39, 0.29) is 5.69 Å². The van der Waals surface area contributed by atoms with Gasteiger partial charge < -0.3 is 9.51 Å². The third kappa shape index (κ3) is 2.15. The average Bonchev–Trinajstić information content (AvgIpc) is 3.16. The molecule has 0 aliphatic carbocycles. The molecule has 4 rings (SSSR count). The summed E-state index contributed by atoms with van der Waals surface area (Å²) in [6, 6.07) is 4.05. The minimum Gasteiger partial charge on any atom is -0.361 e. The fourth-order valence-electron chi connectivity index (χ4n) is 3.57. The Morgan fingerprint density at radius 3 is 2.44 bits per heavy atom. The Labute approximate surface area is 143 Å². The molecule has 0 aliphatic rings. The van der Waals surface area contributed by atoms with Crippen molar-refractivity contribution in [2.24, 2.45) is 7.05 Å². The monoisotopic (exact) mass is 337 g/mol. The van der Waals surface area contributed by atoms with Crippen molar-refractivity contribution in [2.75, 3.05) is 0 Å². The zero-order valence-electron chi connectivity index (χ0n) is 14.8. The van der Waals surface area contributed by atoms with Crippen LogP contribution in [0.5, 0.6) is 0 Å². The molecule has 0 unspecified atom stereocenters. The smallest absolute Gasteiger partial charge is 0.326 e. The topological polar surface area (TPSA) is 92.5 Å². The van der Waals surface area contributed by atoms with Gasteiger partial charge in [0.1, 0.15) is 5.76 Å². The molecule has 3 aromatic heterocycles. The Morgan fingerprint density at radius 2 is 1.84 bits per heavy atom. The average molecular weight is 337 g/mol. The van der Waals surface area contributed by atoms with Gasteiger partial charge in [0.2, 0.25) is 0 Å². The van der Waals surface area contributed by atoms with Gasteiger partial charge in [0, 0.05) is 29.4 Å². The fourth-order valence-corrected chi connectivity index (χ4v) is 3.57. The molecule has 0 aliphatic heterocycles. The minimum atomic E-state index is -0.147. The Morgan fingerprint density at radius 1 is 1.08 bits per heavy atom. The molecule has 7 nitrogen and oxygen atoms in total. The van der Waals surface area contributed by atoms with Crippen molar-refractivity contribution in [1.82, 2.24) is 24.9 Å². The summed E-state index contributed by atoms with van der Waals surface area (Å²) in [5.41, 5.74) is 8.03. The first-order chi connectivity index (χ1) is 11.9. The highest BCUT2D eigenvalue weighted by Crippen LogP contribution is 2.37. The molecule has 4 aromatic rings. The van der Waals surface area contributed by atoms with Gasteiger partial charge in [0.25, 0.3) is 0 Å². The summed E-state index contributed by atoms with van der Waals surface area (Å²) < 4.78 is 6.96. The molecule has 0 bridgehead atoms. The molecule has 0 spiro atoms. The lowest BCUT2D eigenvalue weighted by Crippen LogP contribution is -2.12. The van der Waals surface area contributed by atoms with E-state index in [9.17, 15) is 4.79 Å². The highest BCUT2D eigenvalue weighted by molar-refractivity contribution is 5.97. The second-order valence-electron chi connectivity index (χ2n) is 6.42. The second-order valence-corrected chi connectivity index (χ2v) is 6.42. The van der Waals surface area contributed by atoms with Gasteiger partial charge in [-0.15, -0.1) is 0 Å². The number of fused-ring (bicyclic) bond motifs is 1. The number of aryl methyl sites for hydroxylation is 5. The summed E-state index contributed by atoms with van der Waals surface area (Å²) in [5.74, 6) is 0.752. The Bertz CT molecular complexity index is 1130. The maximum atomic E-state index is 12.2. The van der Waals surface area contributed by atoms with Gasteiger partial charge in [0.05, 0.1) is 22.4 Å². The third-order valence-electron chi connectivity index (χ3n) is 4.71. The number of benzene rings is 1. The summed E-state index contributed by atoms with van der Waals surface area (Å²) >= 11 is 0. The number of imidazole rings is 1. The van der Waals surface area contributed by atoms with Crippen LogP contribution in [0.15, 0.2) is 21.5 Å². The second kappa shape index (κ2) is 5.20. The van der Waals surface area contributed by atoms with Gasteiger partial charge in [-0.25, -0.2) is 4.79 Å². The first-order valence-electron chi connectivity index (χ1n) is 8.06. The molecule has 0 fully saturated rings. The molecular weight excluding hydrogens is 318 g/mol. The maximum Gasteiger partial charge on any atom is 0.326 e. The van der Waals surface area contributed by atoms with Crippen molar-refractivity contribution < 1.29 is 4.52 Å². The number of nitrogens with one attached hydrogen (secondary N) is 2. The van der Waals surface area contributed by atoms with Gasteiger partial charge in [-0.3, -0.25) is 9.67 Å². The Kier molecular flexibility index (Phi) is 3.21. The molecule has 7 heteroatoms. The lowest BCUT2D eigenvalue weighted by Gasteiger charge is -2.10. The fraction of sp³-hybridized carbons (Fsp3) is 0.278. The normalized spacial score (nSPS) is 11.6. The van der Waals surface area contributed by atoms with E-state index in [0.29, 0.717) is 0 Å². The molecule has 0 amide bonds. The lowest BCUT2D eigenvalue weighted by atomic mass is 9.95. The van der Waals surface area contributed by atoms with Crippen LogP contribution in [0.25, 0.3) is 33.3 Å². The number of H-pyrrole nitrogens is 2. The SMILES string of the molecule is Cc1n[nH]c(C)c1-c1cc(-c2c(C)noc2C)cc2[nH]c(=O)n(C)c12. The number of nitrogens with zero attached hydrogens (tertiary/aromatic N) is 3. The van der Waals surface area contributed by atoms with Crippen molar-refractivity contribution >= 4 is 11.0 Å². The van der Waals surface area contributed by atoms with E-state index >= 15 is 0 Å². The van der Waals surface area contributed by atoms with Crippen LogP contribution in [0.4, 0.5) is 0 Å². The van der Waals surface area contributed by atoms with E-state index in [1.54, 1.807) is 11.6 Å².